The summed E-state index contributed by atoms with van der Waals surface area (Å²) in [5.74, 6) is -0.462. The molecule has 0 aliphatic heterocycles. The molecule has 1 aromatic rings. The summed E-state index contributed by atoms with van der Waals surface area (Å²) in [5.41, 5.74) is 3.58. The Labute approximate surface area is 82.9 Å². The molecule has 0 fully saturated rings. The van der Waals surface area contributed by atoms with Gasteiger partial charge in [-0.15, -0.1) is 0 Å². The average Bonchev–Trinajstić information content (AvgIpc) is 2.21. The zero-order valence-corrected chi connectivity index (χ0v) is 8.24. The van der Waals surface area contributed by atoms with Crippen molar-refractivity contribution >= 4 is 5.91 Å². The number of hydrogen-bond donors (Lipinski definition) is 3. The molecule has 1 rings (SSSR count). The van der Waals surface area contributed by atoms with Crippen LogP contribution in [0.2, 0.25) is 0 Å². The number of likely N-dealkylation sites (N-methyl/N-ethyl adjacent to an activating group) is 1. The van der Waals surface area contributed by atoms with Crippen molar-refractivity contribution in [1.29, 1.82) is 0 Å². The summed E-state index contributed by atoms with van der Waals surface area (Å²) >= 11 is 0. The second-order valence-electron chi connectivity index (χ2n) is 3.11. The van der Waals surface area contributed by atoms with Crippen LogP contribution in [0.4, 0.5) is 0 Å². The predicted octanol–water partition coefficient (Wildman–Crippen LogP) is 0.761. The first-order valence-electron chi connectivity index (χ1n) is 4.37. The van der Waals surface area contributed by atoms with Crippen molar-refractivity contribution in [2.45, 2.75) is 13.0 Å². The van der Waals surface area contributed by atoms with E-state index in [-0.39, 0.29) is 0 Å². The number of hydroxylamine groups is 1. The minimum Gasteiger partial charge on any atom is -0.305 e. The fourth-order valence-electron chi connectivity index (χ4n) is 1.27. The van der Waals surface area contributed by atoms with Crippen LogP contribution in [-0.2, 0) is 4.79 Å². The van der Waals surface area contributed by atoms with Crippen molar-refractivity contribution in [1.82, 2.24) is 10.8 Å². The minimum atomic E-state index is -0.513. The highest BCUT2D eigenvalue weighted by Gasteiger charge is 2.17. The zero-order valence-electron chi connectivity index (χ0n) is 8.24. The van der Waals surface area contributed by atoms with E-state index >= 15 is 0 Å². The molecule has 0 heterocycles. The molecule has 0 bridgehead atoms. The Morgan fingerprint density at radius 1 is 1.36 bits per heavy atom. The number of amides is 1. The van der Waals surface area contributed by atoms with Crippen molar-refractivity contribution in [2.24, 2.45) is 0 Å². The van der Waals surface area contributed by atoms with Gasteiger partial charge in [0, 0.05) is 0 Å². The largest absolute Gasteiger partial charge is 0.305 e. The smallest absolute Gasteiger partial charge is 0.265 e. The van der Waals surface area contributed by atoms with Gasteiger partial charge in [-0.3, -0.25) is 10.0 Å². The van der Waals surface area contributed by atoms with E-state index in [1.54, 1.807) is 12.5 Å². The molecular formula is C10H14N2O2. The Balaban J connectivity index is 2.89. The van der Waals surface area contributed by atoms with Crippen LogP contribution in [0.1, 0.15) is 17.2 Å². The number of hydrogen-bond acceptors (Lipinski definition) is 3. The van der Waals surface area contributed by atoms with Crippen molar-refractivity contribution in [2.75, 3.05) is 7.05 Å². The predicted molar refractivity (Wildman–Crippen MR) is 52.9 cm³/mol. The number of rotatable bonds is 3. The van der Waals surface area contributed by atoms with Gasteiger partial charge >= 0.3 is 0 Å². The maximum Gasteiger partial charge on any atom is 0.265 e. The summed E-state index contributed by atoms with van der Waals surface area (Å²) < 4.78 is 0. The van der Waals surface area contributed by atoms with Gasteiger partial charge in [0.2, 0.25) is 0 Å². The van der Waals surface area contributed by atoms with E-state index in [0.29, 0.717) is 0 Å². The van der Waals surface area contributed by atoms with Crippen LogP contribution in [0, 0.1) is 6.92 Å². The van der Waals surface area contributed by atoms with Crippen molar-refractivity contribution in [3.05, 3.63) is 35.4 Å². The summed E-state index contributed by atoms with van der Waals surface area (Å²) in [7, 11) is 1.67. The van der Waals surface area contributed by atoms with Crippen molar-refractivity contribution in [3.8, 4) is 0 Å². The molecule has 14 heavy (non-hydrogen) atoms. The second kappa shape index (κ2) is 4.74. The fraction of sp³-hybridized carbons (Fsp3) is 0.300. The van der Waals surface area contributed by atoms with Gasteiger partial charge in [0.25, 0.3) is 5.91 Å². The molecule has 0 aliphatic carbocycles. The quantitative estimate of drug-likeness (QED) is 0.492. The summed E-state index contributed by atoms with van der Waals surface area (Å²) in [5, 5.41) is 11.3. The summed E-state index contributed by atoms with van der Waals surface area (Å²) in [6.45, 7) is 1.98. The van der Waals surface area contributed by atoms with Gasteiger partial charge in [-0.05, 0) is 19.5 Å². The lowest BCUT2D eigenvalue weighted by Crippen LogP contribution is -2.34. The van der Waals surface area contributed by atoms with Gasteiger partial charge < -0.3 is 5.32 Å². The fourth-order valence-corrected chi connectivity index (χ4v) is 1.27. The third-order valence-electron chi connectivity index (χ3n) is 2.07. The highest BCUT2D eigenvalue weighted by Crippen LogP contribution is 2.13. The molecule has 4 nitrogen and oxygen atoms in total. The highest BCUT2D eigenvalue weighted by atomic mass is 16.5. The number of carbonyl (C=O) groups excluding carboxylic acids is 1. The number of nitrogens with one attached hydrogen (secondary N) is 2. The van der Waals surface area contributed by atoms with E-state index in [0.717, 1.165) is 11.1 Å². The van der Waals surface area contributed by atoms with Gasteiger partial charge in [-0.1, -0.05) is 29.8 Å². The number of carbonyl (C=O) groups is 1. The summed E-state index contributed by atoms with van der Waals surface area (Å²) in [6.07, 6.45) is 0. The van der Waals surface area contributed by atoms with E-state index in [1.807, 2.05) is 31.2 Å². The molecule has 1 aromatic carbocycles. The molecular weight excluding hydrogens is 180 g/mol. The first kappa shape index (κ1) is 10.7. The molecule has 0 saturated heterocycles. The van der Waals surface area contributed by atoms with Crippen LogP contribution < -0.4 is 10.8 Å². The van der Waals surface area contributed by atoms with E-state index in [9.17, 15) is 4.79 Å². The molecule has 1 amide bonds. The maximum atomic E-state index is 11.2. The van der Waals surface area contributed by atoms with E-state index < -0.39 is 11.9 Å². The SMILES string of the molecule is CNC(C(=O)NO)c1ccc(C)cc1. The third kappa shape index (κ3) is 2.31. The van der Waals surface area contributed by atoms with Crippen LogP contribution >= 0.6 is 0 Å². The standard InChI is InChI=1S/C10H14N2O2/c1-7-3-5-8(6-4-7)9(11-2)10(13)12-14/h3-6,9,11,14H,1-2H3,(H,12,13). The highest BCUT2D eigenvalue weighted by molar-refractivity contribution is 5.82. The van der Waals surface area contributed by atoms with Crippen LogP contribution in [0.15, 0.2) is 24.3 Å². The normalized spacial score (nSPS) is 12.2. The minimum absolute atomic E-state index is 0.462. The lowest BCUT2D eigenvalue weighted by Gasteiger charge is -2.13. The molecule has 0 aromatic heterocycles. The second-order valence-corrected chi connectivity index (χ2v) is 3.11. The molecule has 0 spiro atoms. The number of aryl methyl sites for hydroxylation is 1. The Morgan fingerprint density at radius 3 is 2.36 bits per heavy atom. The van der Waals surface area contributed by atoms with Crippen LogP contribution in [0.25, 0.3) is 0 Å². The van der Waals surface area contributed by atoms with Crippen LogP contribution in [0.5, 0.6) is 0 Å². The van der Waals surface area contributed by atoms with Gasteiger partial charge in [0.1, 0.15) is 6.04 Å². The topological polar surface area (TPSA) is 61.4 Å². The van der Waals surface area contributed by atoms with Crippen LogP contribution in [-0.4, -0.2) is 18.2 Å². The first-order chi connectivity index (χ1) is 6.69. The molecule has 76 valence electrons. The van der Waals surface area contributed by atoms with Crippen molar-refractivity contribution < 1.29 is 10.0 Å². The molecule has 0 saturated carbocycles. The Bertz CT molecular complexity index is 308. The molecule has 3 N–H and O–H groups in total. The van der Waals surface area contributed by atoms with Crippen LogP contribution in [0.3, 0.4) is 0 Å². The van der Waals surface area contributed by atoms with Gasteiger partial charge in [0.05, 0.1) is 0 Å². The molecule has 4 heteroatoms. The molecule has 1 atom stereocenters. The Kier molecular flexibility index (Phi) is 3.62. The molecule has 1 unspecified atom stereocenters. The summed E-state index contributed by atoms with van der Waals surface area (Å²) in [6, 6.07) is 7.03. The van der Waals surface area contributed by atoms with Gasteiger partial charge in [-0.2, -0.15) is 0 Å². The van der Waals surface area contributed by atoms with Gasteiger partial charge in [-0.25, -0.2) is 5.48 Å². The Hall–Kier alpha value is -1.39. The van der Waals surface area contributed by atoms with E-state index in [1.165, 1.54) is 0 Å². The van der Waals surface area contributed by atoms with E-state index in [4.69, 9.17) is 5.21 Å². The third-order valence-corrected chi connectivity index (χ3v) is 2.07. The van der Waals surface area contributed by atoms with E-state index in [2.05, 4.69) is 5.32 Å². The molecule has 0 aliphatic rings. The lowest BCUT2D eigenvalue weighted by atomic mass is 10.1. The first-order valence-corrected chi connectivity index (χ1v) is 4.37. The van der Waals surface area contributed by atoms with Crippen molar-refractivity contribution in [3.63, 3.8) is 0 Å². The number of benzene rings is 1. The lowest BCUT2D eigenvalue weighted by molar-refractivity contribution is -0.131. The summed E-state index contributed by atoms with van der Waals surface area (Å²) in [4.78, 5) is 11.2. The zero-order chi connectivity index (χ0) is 10.6. The Morgan fingerprint density at radius 2 is 1.93 bits per heavy atom. The maximum absolute atomic E-state index is 11.2. The average molecular weight is 194 g/mol. The molecule has 0 radical (unpaired) electrons. The van der Waals surface area contributed by atoms with Gasteiger partial charge in [0.15, 0.2) is 0 Å². The monoisotopic (exact) mass is 194 g/mol.